The maximum Gasteiger partial charge on any atom is 0.416 e. The van der Waals surface area contributed by atoms with Crippen molar-refractivity contribution in [3.8, 4) is 0 Å². The highest BCUT2D eigenvalue weighted by atomic mass is 32.1. The second kappa shape index (κ2) is 10.4. The van der Waals surface area contributed by atoms with Crippen molar-refractivity contribution in [1.29, 1.82) is 0 Å². The fourth-order valence-corrected chi connectivity index (χ4v) is 4.75. The summed E-state index contributed by atoms with van der Waals surface area (Å²) in [7, 11) is 3.86. The predicted molar refractivity (Wildman–Crippen MR) is 141 cm³/mol. The number of rotatable bonds is 6. The number of anilines is 2. The van der Waals surface area contributed by atoms with Gasteiger partial charge in [0, 0.05) is 48.5 Å². The van der Waals surface area contributed by atoms with Gasteiger partial charge in [-0.25, -0.2) is 0 Å². The number of alkyl halides is 3. The van der Waals surface area contributed by atoms with Gasteiger partial charge in [0.05, 0.1) is 16.0 Å². The number of fused-ring (bicyclic) bond motifs is 1. The molecular formula is C28H24F3N3OS. The number of aryl methyl sites for hydroxylation is 1. The SMILES string of the molecule is Cc1sc2cnccc2c1NC(=O)/C=C/C=C(/c1ccc(N(C)C)cc1)c1ccc(C(F)(F)F)cc1. The van der Waals surface area contributed by atoms with Gasteiger partial charge in [0.1, 0.15) is 0 Å². The monoisotopic (exact) mass is 507 g/mol. The number of halogens is 3. The first kappa shape index (κ1) is 25.2. The van der Waals surface area contributed by atoms with E-state index < -0.39 is 11.7 Å². The molecule has 4 nitrogen and oxygen atoms in total. The molecule has 2 aromatic carbocycles. The quantitative estimate of drug-likeness (QED) is 0.220. The Kier molecular flexibility index (Phi) is 7.26. The molecule has 0 atom stereocenters. The molecule has 36 heavy (non-hydrogen) atoms. The van der Waals surface area contributed by atoms with E-state index in [0.717, 1.165) is 44.0 Å². The molecule has 0 bridgehead atoms. The molecule has 0 saturated heterocycles. The van der Waals surface area contributed by atoms with Crippen LogP contribution in [0.4, 0.5) is 24.5 Å². The number of carbonyl (C=O) groups excluding carboxylic acids is 1. The number of thiophene rings is 1. The minimum Gasteiger partial charge on any atom is -0.378 e. The van der Waals surface area contributed by atoms with E-state index in [1.165, 1.54) is 18.2 Å². The highest BCUT2D eigenvalue weighted by Gasteiger charge is 2.30. The molecule has 2 aromatic heterocycles. The first-order valence-corrected chi connectivity index (χ1v) is 11.9. The fourth-order valence-electron chi connectivity index (χ4n) is 3.76. The number of nitrogens with one attached hydrogen (secondary N) is 1. The molecule has 0 spiro atoms. The molecule has 0 saturated carbocycles. The van der Waals surface area contributed by atoms with Crippen molar-refractivity contribution >= 4 is 44.3 Å². The normalized spacial score (nSPS) is 12.3. The lowest BCUT2D eigenvalue weighted by Crippen LogP contribution is -2.08. The van der Waals surface area contributed by atoms with Crippen molar-refractivity contribution in [3.05, 3.63) is 107 Å². The van der Waals surface area contributed by atoms with Gasteiger partial charge in [-0.05, 0) is 54.0 Å². The lowest BCUT2D eigenvalue weighted by atomic mass is 9.96. The average Bonchev–Trinajstić information content (AvgIpc) is 3.16. The zero-order valence-corrected chi connectivity index (χ0v) is 20.7. The van der Waals surface area contributed by atoms with Crippen molar-refractivity contribution in [2.75, 3.05) is 24.3 Å². The van der Waals surface area contributed by atoms with Crippen LogP contribution in [-0.2, 0) is 11.0 Å². The minimum atomic E-state index is -4.41. The number of amides is 1. The number of hydrogen-bond donors (Lipinski definition) is 1. The molecule has 4 rings (SSSR count). The van der Waals surface area contributed by atoms with Gasteiger partial charge in [-0.15, -0.1) is 11.3 Å². The minimum absolute atomic E-state index is 0.305. The third-order valence-electron chi connectivity index (χ3n) is 5.65. The number of carbonyl (C=O) groups is 1. The van der Waals surface area contributed by atoms with Crippen LogP contribution in [0.3, 0.4) is 0 Å². The van der Waals surface area contributed by atoms with Crippen molar-refractivity contribution < 1.29 is 18.0 Å². The number of nitrogens with zero attached hydrogens (tertiary/aromatic N) is 2. The number of pyridine rings is 1. The Morgan fingerprint density at radius 1 is 1.00 bits per heavy atom. The Labute approximate surface area is 211 Å². The van der Waals surface area contributed by atoms with E-state index in [0.29, 0.717) is 11.1 Å². The molecule has 0 fully saturated rings. The van der Waals surface area contributed by atoms with E-state index in [4.69, 9.17) is 0 Å². The molecule has 0 aliphatic heterocycles. The zero-order chi connectivity index (χ0) is 25.9. The van der Waals surface area contributed by atoms with Crippen molar-refractivity contribution in [1.82, 2.24) is 4.98 Å². The summed E-state index contributed by atoms with van der Waals surface area (Å²) in [4.78, 5) is 19.7. The molecule has 0 unspecified atom stereocenters. The first-order chi connectivity index (χ1) is 17.1. The Morgan fingerprint density at radius 3 is 2.25 bits per heavy atom. The van der Waals surface area contributed by atoms with Gasteiger partial charge in [0.15, 0.2) is 0 Å². The Morgan fingerprint density at radius 2 is 1.64 bits per heavy atom. The van der Waals surface area contributed by atoms with Gasteiger partial charge in [-0.3, -0.25) is 9.78 Å². The lowest BCUT2D eigenvalue weighted by molar-refractivity contribution is -0.137. The number of allylic oxidation sites excluding steroid dienone is 2. The summed E-state index contributed by atoms with van der Waals surface area (Å²) in [6, 6.07) is 14.5. The van der Waals surface area contributed by atoms with E-state index in [9.17, 15) is 18.0 Å². The average molecular weight is 508 g/mol. The fraction of sp³-hybridized carbons (Fsp3) is 0.143. The van der Waals surface area contributed by atoms with E-state index in [1.807, 2.05) is 56.3 Å². The molecule has 0 aliphatic rings. The van der Waals surface area contributed by atoms with Gasteiger partial charge < -0.3 is 10.2 Å². The number of hydrogen-bond acceptors (Lipinski definition) is 4. The number of aromatic nitrogens is 1. The second-order valence-electron chi connectivity index (χ2n) is 8.35. The lowest BCUT2D eigenvalue weighted by Gasteiger charge is -2.14. The van der Waals surface area contributed by atoms with Gasteiger partial charge in [0.2, 0.25) is 5.91 Å². The van der Waals surface area contributed by atoms with Crippen LogP contribution in [0.2, 0.25) is 0 Å². The van der Waals surface area contributed by atoms with E-state index in [2.05, 4.69) is 10.3 Å². The maximum absolute atomic E-state index is 13.1. The Bertz CT molecular complexity index is 1430. The van der Waals surface area contributed by atoms with E-state index in [1.54, 1.807) is 35.9 Å². The molecule has 8 heteroatoms. The molecule has 1 amide bonds. The van der Waals surface area contributed by atoms with Crippen LogP contribution >= 0.6 is 11.3 Å². The standard InChI is InChI=1S/C28H24F3N3OS/c1-18-27(24-15-16-32-17-25(24)36-18)33-26(35)6-4-5-23(20-9-13-22(14-10-20)34(2)3)19-7-11-21(12-8-19)28(29,30)31/h4-17H,1-3H3,(H,33,35)/b6-4+,23-5+. The highest BCUT2D eigenvalue weighted by Crippen LogP contribution is 2.35. The zero-order valence-electron chi connectivity index (χ0n) is 19.9. The van der Waals surface area contributed by atoms with Crippen molar-refractivity contribution in [2.45, 2.75) is 13.1 Å². The largest absolute Gasteiger partial charge is 0.416 e. The van der Waals surface area contributed by atoms with Crippen LogP contribution in [-0.4, -0.2) is 25.0 Å². The van der Waals surface area contributed by atoms with Crippen molar-refractivity contribution in [2.24, 2.45) is 0 Å². The van der Waals surface area contributed by atoms with Crippen LogP contribution < -0.4 is 10.2 Å². The van der Waals surface area contributed by atoms with E-state index >= 15 is 0 Å². The summed E-state index contributed by atoms with van der Waals surface area (Å²) in [6.07, 6.45) is 3.78. The summed E-state index contributed by atoms with van der Waals surface area (Å²) in [5, 5.41) is 3.85. The molecule has 184 valence electrons. The number of benzene rings is 2. The van der Waals surface area contributed by atoms with Gasteiger partial charge in [0.25, 0.3) is 0 Å². The third-order valence-corrected chi connectivity index (χ3v) is 6.70. The van der Waals surface area contributed by atoms with Crippen LogP contribution in [0.25, 0.3) is 15.7 Å². The van der Waals surface area contributed by atoms with Crippen LogP contribution in [0.15, 0.2) is 85.2 Å². The highest BCUT2D eigenvalue weighted by molar-refractivity contribution is 7.19. The maximum atomic E-state index is 13.1. The molecule has 0 radical (unpaired) electrons. The third kappa shape index (κ3) is 5.66. The van der Waals surface area contributed by atoms with Crippen LogP contribution in [0.1, 0.15) is 21.6 Å². The molecule has 2 heterocycles. The smallest absolute Gasteiger partial charge is 0.378 e. The van der Waals surface area contributed by atoms with Gasteiger partial charge in [-0.1, -0.05) is 36.4 Å². The van der Waals surface area contributed by atoms with Crippen LogP contribution in [0.5, 0.6) is 0 Å². The first-order valence-electron chi connectivity index (χ1n) is 11.1. The topological polar surface area (TPSA) is 45.2 Å². The predicted octanol–water partition coefficient (Wildman–Crippen LogP) is 7.32. The molecule has 0 aliphatic carbocycles. The van der Waals surface area contributed by atoms with Gasteiger partial charge in [-0.2, -0.15) is 13.2 Å². The Balaban J connectivity index is 1.63. The summed E-state index contributed by atoms with van der Waals surface area (Å²) in [5.41, 5.74) is 3.15. The summed E-state index contributed by atoms with van der Waals surface area (Å²) < 4.78 is 40.2. The van der Waals surface area contributed by atoms with Crippen molar-refractivity contribution in [3.63, 3.8) is 0 Å². The second-order valence-corrected chi connectivity index (χ2v) is 9.61. The summed E-state index contributed by atoms with van der Waals surface area (Å²) in [5.74, 6) is -0.305. The molecular weight excluding hydrogens is 483 g/mol. The van der Waals surface area contributed by atoms with E-state index in [-0.39, 0.29) is 5.91 Å². The van der Waals surface area contributed by atoms with Gasteiger partial charge >= 0.3 is 6.18 Å². The Hall–Kier alpha value is -3.91. The van der Waals surface area contributed by atoms with Crippen LogP contribution in [0, 0.1) is 6.92 Å². The molecule has 1 N–H and O–H groups in total. The summed E-state index contributed by atoms with van der Waals surface area (Å²) in [6.45, 7) is 1.93. The summed E-state index contributed by atoms with van der Waals surface area (Å²) >= 11 is 1.55. The molecule has 4 aromatic rings.